The number of ether oxygens (including phenoxy) is 1. The van der Waals surface area contributed by atoms with Crippen LogP contribution in [0.4, 0.5) is 0 Å². The average Bonchev–Trinajstić information content (AvgIpc) is 3.15. The molecular weight excluding hydrogens is 314 g/mol. The van der Waals surface area contributed by atoms with E-state index in [0.29, 0.717) is 12.5 Å². The minimum Gasteiger partial charge on any atom is -0.371 e. The largest absolute Gasteiger partial charge is 0.371 e. The molecular formula is C20H25N3O2. The van der Waals surface area contributed by atoms with Crippen molar-refractivity contribution in [3.05, 3.63) is 47.8 Å². The predicted molar refractivity (Wildman–Crippen MR) is 95.4 cm³/mol. The molecule has 2 fully saturated rings. The van der Waals surface area contributed by atoms with E-state index in [9.17, 15) is 4.79 Å². The van der Waals surface area contributed by atoms with Crippen LogP contribution in [0.2, 0.25) is 0 Å². The number of carbonyl (C=O) groups is 1. The van der Waals surface area contributed by atoms with Gasteiger partial charge < -0.3 is 10.1 Å². The third kappa shape index (κ3) is 3.21. The Morgan fingerprint density at radius 3 is 2.84 bits per heavy atom. The molecule has 0 unspecified atom stereocenters. The molecule has 1 aromatic carbocycles. The van der Waals surface area contributed by atoms with Crippen molar-refractivity contribution < 1.29 is 9.53 Å². The summed E-state index contributed by atoms with van der Waals surface area (Å²) in [5.41, 5.74) is 3.13. The molecule has 2 heterocycles. The molecule has 1 saturated heterocycles. The lowest BCUT2D eigenvalue weighted by atomic mass is 9.97. The Balaban J connectivity index is 1.58. The van der Waals surface area contributed by atoms with Crippen LogP contribution in [-0.4, -0.2) is 28.3 Å². The highest BCUT2D eigenvalue weighted by molar-refractivity contribution is 5.80. The van der Waals surface area contributed by atoms with E-state index in [4.69, 9.17) is 4.74 Å². The Bertz CT molecular complexity index is 766. The Labute approximate surface area is 148 Å². The minimum absolute atomic E-state index is 0.111. The summed E-state index contributed by atoms with van der Waals surface area (Å²) >= 11 is 0. The van der Waals surface area contributed by atoms with Crippen LogP contribution in [-0.2, 0) is 9.53 Å². The van der Waals surface area contributed by atoms with Crippen LogP contribution in [0.15, 0.2) is 36.5 Å². The number of hydrogen-bond acceptors (Lipinski definition) is 3. The number of rotatable bonds is 5. The van der Waals surface area contributed by atoms with Crippen LogP contribution in [0.25, 0.3) is 5.69 Å². The lowest BCUT2D eigenvalue weighted by Crippen LogP contribution is -2.39. The van der Waals surface area contributed by atoms with E-state index in [1.165, 1.54) is 12.8 Å². The number of nitrogens with zero attached hydrogens (tertiary/aromatic N) is 2. The number of para-hydroxylation sites is 1. The Hall–Kier alpha value is -2.14. The zero-order valence-electron chi connectivity index (χ0n) is 14.8. The molecule has 1 aliphatic carbocycles. The number of benzene rings is 1. The van der Waals surface area contributed by atoms with Crippen molar-refractivity contribution >= 4 is 5.91 Å². The molecule has 2 aliphatic rings. The average molecular weight is 339 g/mol. The lowest BCUT2D eigenvalue weighted by Gasteiger charge is -2.22. The van der Waals surface area contributed by atoms with Crippen LogP contribution < -0.4 is 5.32 Å². The summed E-state index contributed by atoms with van der Waals surface area (Å²) in [4.78, 5) is 12.8. The number of hydrogen-bond donors (Lipinski definition) is 1. The first-order valence-corrected chi connectivity index (χ1v) is 9.17. The fourth-order valence-electron chi connectivity index (χ4n) is 3.73. The summed E-state index contributed by atoms with van der Waals surface area (Å²) < 4.78 is 7.88. The summed E-state index contributed by atoms with van der Waals surface area (Å²) in [6, 6.07) is 10.4. The molecule has 0 radical (unpaired) electrons. The second-order valence-corrected chi connectivity index (χ2v) is 7.28. The van der Waals surface area contributed by atoms with Crippen LogP contribution in [0.1, 0.15) is 43.5 Å². The van der Waals surface area contributed by atoms with E-state index >= 15 is 0 Å². The van der Waals surface area contributed by atoms with Crippen LogP contribution in [0, 0.1) is 18.8 Å². The third-order valence-corrected chi connectivity index (χ3v) is 5.43. The maximum Gasteiger partial charge on any atom is 0.226 e. The quantitative estimate of drug-likeness (QED) is 0.910. The van der Waals surface area contributed by atoms with Crippen molar-refractivity contribution in [2.75, 3.05) is 6.61 Å². The van der Waals surface area contributed by atoms with Gasteiger partial charge in [-0.25, -0.2) is 4.68 Å². The van der Waals surface area contributed by atoms with Gasteiger partial charge in [0, 0.05) is 18.8 Å². The van der Waals surface area contributed by atoms with E-state index < -0.39 is 0 Å². The fourth-order valence-corrected chi connectivity index (χ4v) is 3.73. The normalized spacial score (nSPS) is 24.2. The smallest absolute Gasteiger partial charge is 0.226 e. The Morgan fingerprint density at radius 1 is 1.28 bits per heavy atom. The van der Waals surface area contributed by atoms with Crippen LogP contribution in [0.3, 0.4) is 0 Å². The van der Waals surface area contributed by atoms with Gasteiger partial charge in [0.2, 0.25) is 5.91 Å². The van der Waals surface area contributed by atoms with Crippen molar-refractivity contribution in [1.82, 2.24) is 15.1 Å². The number of amides is 1. The topological polar surface area (TPSA) is 56.2 Å². The number of aromatic nitrogens is 2. The lowest BCUT2D eigenvalue weighted by molar-refractivity contribution is -0.127. The van der Waals surface area contributed by atoms with Crippen LogP contribution in [0.5, 0.6) is 0 Å². The molecule has 1 amide bonds. The predicted octanol–water partition coefficient (Wildman–Crippen LogP) is 3.17. The standard InChI is InChI=1S/C20H25N3O2/c1-13-5-3-4-6-17(13)23-18(9-11-21-23)19-16(10-12-25-19)20(24)22-14(2)15-7-8-15/h3-6,9,11,14-16,19H,7-8,10,12H2,1-2H3,(H,22,24)/t14-,16-,19-/m0/s1. The van der Waals surface area contributed by atoms with Gasteiger partial charge >= 0.3 is 0 Å². The summed E-state index contributed by atoms with van der Waals surface area (Å²) in [6.45, 7) is 4.79. The third-order valence-electron chi connectivity index (χ3n) is 5.43. The molecule has 5 nitrogen and oxygen atoms in total. The van der Waals surface area contributed by atoms with Crippen molar-refractivity contribution in [1.29, 1.82) is 0 Å². The van der Waals surface area contributed by atoms with Crippen molar-refractivity contribution in [2.45, 2.75) is 45.3 Å². The monoisotopic (exact) mass is 339 g/mol. The van der Waals surface area contributed by atoms with Gasteiger partial charge in [0.1, 0.15) is 6.10 Å². The van der Waals surface area contributed by atoms with Gasteiger partial charge in [-0.1, -0.05) is 18.2 Å². The molecule has 0 bridgehead atoms. The molecule has 1 aliphatic heterocycles. The summed E-state index contributed by atoms with van der Waals surface area (Å²) in [5, 5.41) is 7.69. The first kappa shape index (κ1) is 16.3. The highest BCUT2D eigenvalue weighted by atomic mass is 16.5. The maximum absolute atomic E-state index is 12.8. The first-order valence-electron chi connectivity index (χ1n) is 9.17. The molecule has 25 heavy (non-hydrogen) atoms. The van der Waals surface area contributed by atoms with Gasteiger partial charge in [0.25, 0.3) is 0 Å². The molecule has 0 spiro atoms. The molecule has 1 N–H and O–H groups in total. The Kier molecular flexibility index (Phi) is 4.34. The first-order chi connectivity index (χ1) is 12.1. The number of nitrogens with one attached hydrogen (secondary N) is 1. The fraction of sp³-hybridized carbons (Fsp3) is 0.500. The van der Waals surface area contributed by atoms with E-state index in [1.807, 2.05) is 28.9 Å². The van der Waals surface area contributed by atoms with E-state index in [1.54, 1.807) is 6.20 Å². The molecule has 4 rings (SSSR count). The number of carbonyl (C=O) groups excluding carboxylic acids is 1. The van der Waals surface area contributed by atoms with Gasteiger partial charge in [0.05, 0.1) is 17.3 Å². The summed E-state index contributed by atoms with van der Waals surface area (Å²) in [7, 11) is 0. The summed E-state index contributed by atoms with van der Waals surface area (Å²) in [6.07, 6.45) is 4.75. The van der Waals surface area contributed by atoms with Gasteiger partial charge in [-0.2, -0.15) is 5.10 Å². The van der Waals surface area contributed by atoms with Crippen molar-refractivity contribution in [2.24, 2.45) is 11.8 Å². The van der Waals surface area contributed by atoms with E-state index in [0.717, 1.165) is 23.4 Å². The van der Waals surface area contributed by atoms with E-state index in [-0.39, 0.29) is 24.0 Å². The highest BCUT2D eigenvalue weighted by Gasteiger charge is 2.39. The molecule has 1 aromatic heterocycles. The van der Waals surface area contributed by atoms with Crippen molar-refractivity contribution in [3.63, 3.8) is 0 Å². The van der Waals surface area contributed by atoms with Gasteiger partial charge in [-0.05, 0) is 56.7 Å². The highest BCUT2D eigenvalue weighted by Crippen LogP contribution is 2.37. The molecule has 5 heteroatoms. The number of aryl methyl sites for hydroxylation is 1. The molecule has 3 atom stereocenters. The summed E-state index contributed by atoms with van der Waals surface area (Å²) in [5.74, 6) is 0.613. The molecule has 132 valence electrons. The van der Waals surface area contributed by atoms with E-state index in [2.05, 4.69) is 30.3 Å². The zero-order chi connectivity index (χ0) is 17.4. The zero-order valence-corrected chi connectivity index (χ0v) is 14.8. The van der Waals surface area contributed by atoms with Gasteiger partial charge in [-0.3, -0.25) is 4.79 Å². The van der Waals surface area contributed by atoms with Crippen LogP contribution >= 0.6 is 0 Å². The minimum atomic E-state index is -0.242. The maximum atomic E-state index is 12.8. The van der Waals surface area contributed by atoms with Crippen molar-refractivity contribution in [3.8, 4) is 5.69 Å². The van der Waals surface area contributed by atoms with Gasteiger partial charge in [0.15, 0.2) is 0 Å². The SMILES string of the molecule is Cc1ccccc1-n1nccc1[C@H]1OCC[C@@H]1C(=O)N[C@@H](C)C1CC1. The molecule has 1 saturated carbocycles. The second-order valence-electron chi connectivity index (χ2n) is 7.28. The molecule has 2 aromatic rings. The Morgan fingerprint density at radius 2 is 2.08 bits per heavy atom. The second kappa shape index (κ2) is 6.64. The van der Waals surface area contributed by atoms with Gasteiger partial charge in [-0.15, -0.1) is 0 Å².